The van der Waals surface area contributed by atoms with E-state index in [-0.39, 0.29) is 41.9 Å². The molecular weight excluding hydrogens is 332 g/mol. The number of nitrogens with zero attached hydrogens (tertiary/aromatic N) is 1. The van der Waals surface area contributed by atoms with Gasteiger partial charge in [-0.3, -0.25) is 14.4 Å². The van der Waals surface area contributed by atoms with Crippen LogP contribution in [0.5, 0.6) is 0 Å². The molecule has 0 radical (unpaired) electrons. The summed E-state index contributed by atoms with van der Waals surface area (Å²) in [6, 6.07) is 6.95. The molecule has 0 aliphatic carbocycles. The van der Waals surface area contributed by atoms with E-state index in [2.05, 4.69) is 10.3 Å². The summed E-state index contributed by atoms with van der Waals surface area (Å²) in [5.74, 6) is -0.752. The van der Waals surface area contributed by atoms with Gasteiger partial charge in [-0.15, -0.1) is 12.4 Å². The molecule has 2 aromatic rings. The molecule has 1 fully saturated rings. The number of fused-ring (bicyclic) bond motifs is 1. The van der Waals surface area contributed by atoms with Crippen molar-refractivity contribution >= 4 is 35.1 Å². The molecule has 8 heteroatoms. The van der Waals surface area contributed by atoms with Crippen LogP contribution in [0.3, 0.4) is 0 Å². The first-order valence-electron chi connectivity index (χ1n) is 7.48. The molecule has 1 saturated heterocycles. The molecule has 24 heavy (non-hydrogen) atoms. The number of nitrogens with one attached hydrogen (secondary N) is 2. The molecule has 1 aliphatic rings. The highest BCUT2D eigenvalue weighted by molar-refractivity contribution is 5.98. The van der Waals surface area contributed by atoms with Crippen LogP contribution in [0.25, 0.3) is 10.9 Å². The normalized spacial score (nSPS) is 16.7. The quantitative estimate of drug-likeness (QED) is 0.736. The number of H-pyrrole nitrogens is 1. The summed E-state index contributed by atoms with van der Waals surface area (Å²) in [6.07, 6.45) is 2.14. The number of carbonyl (C=O) groups is 2. The van der Waals surface area contributed by atoms with Crippen LogP contribution in [-0.4, -0.2) is 47.4 Å². The second kappa shape index (κ2) is 7.46. The first kappa shape index (κ1) is 18.0. The average Bonchev–Trinajstić information content (AvgIpc) is 2.99. The predicted octanol–water partition coefficient (Wildman–Crippen LogP) is 0.239. The van der Waals surface area contributed by atoms with E-state index < -0.39 is 5.91 Å². The highest BCUT2D eigenvalue weighted by Gasteiger charge is 2.24. The zero-order chi connectivity index (χ0) is 16.4. The fourth-order valence-electron chi connectivity index (χ4n) is 2.71. The summed E-state index contributed by atoms with van der Waals surface area (Å²) >= 11 is 0. The number of para-hydroxylation sites is 1. The van der Waals surface area contributed by atoms with Crippen molar-refractivity contribution < 1.29 is 9.59 Å². The third-order valence-corrected chi connectivity index (χ3v) is 4.01. The Labute approximate surface area is 144 Å². The molecule has 2 amide bonds. The van der Waals surface area contributed by atoms with Gasteiger partial charge in [0.05, 0.1) is 6.54 Å². The number of halogens is 1. The van der Waals surface area contributed by atoms with E-state index in [1.165, 1.54) is 6.20 Å². The Balaban J connectivity index is 0.00000208. The van der Waals surface area contributed by atoms with E-state index >= 15 is 0 Å². The van der Waals surface area contributed by atoms with E-state index in [1.807, 2.05) is 0 Å². The van der Waals surface area contributed by atoms with Crippen LogP contribution in [0.15, 0.2) is 35.3 Å². The Hall–Kier alpha value is -2.38. The number of aromatic amines is 1. The van der Waals surface area contributed by atoms with Gasteiger partial charge in [-0.2, -0.15) is 0 Å². The van der Waals surface area contributed by atoms with Crippen molar-refractivity contribution in [2.24, 2.45) is 5.73 Å². The fourth-order valence-corrected chi connectivity index (χ4v) is 2.71. The van der Waals surface area contributed by atoms with Crippen molar-refractivity contribution in [3.63, 3.8) is 0 Å². The van der Waals surface area contributed by atoms with E-state index in [0.717, 1.165) is 6.42 Å². The van der Waals surface area contributed by atoms with Gasteiger partial charge in [0.15, 0.2) is 0 Å². The third-order valence-electron chi connectivity index (χ3n) is 4.01. The van der Waals surface area contributed by atoms with Gasteiger partial charge < -0.3 is 20.9 Å². The molecule has 0 saturated carbocycles. The molecule has 7 nitrogen and oxygen atoms in total. The van der Waals surface area contributed by atoms with E-state index in [4.69, 9.17) is 5.73 Å². The largest absolute Gasteiger partial charge is 0.360 e. The highest BCUT2D eigenvalue weighted by Crippen LogP contribution is 2.08. The molecular formula is C16H19ClN4O3. The SMILES string of the molecule is Cl.N[C@@H]1CCN(C(=O)CNC(=O)c2c[nH]c3ccccc3c2=O)C1. The number of hydrogen-bond acceptors (Lipinski definition) is 4. The maximum atomic E-state index is 12.3. The Bertz CT molecular complexity index is 820. The first-order chi connectivity index (χ1) is 11.1. The van der Waals surface area contributed by atoms with Crippen LogP contribution in [0.2, 0.25) is 0 Å². The van der Waals surface area contributed by atoms with Gasteiger partial charge in [0, 0.05) is 36.2 Å². The Morgan fingerprint density at radius 2 is 2.08 bits per heavy atom. The number of benzene rings is 1. The molecule has 1 atom stereocenters. The van der Waals surface area contributed by atoms with E-state index in [9.17, 15) is 14.4 Å². The van der Waals surface area contributed by atoms with Gasteiger partial charge in [-0.25, -0.2) is 0 Å². The van der Waals surface area contributed by atoms with Crippen LogP contribution < -0.4 is 16.5 Å². The smallest absolute Gasteiger partial charge is 0.257 e. The zero-order valence-corrected chi connectivity index (χ0v) is 13.8. The summed E-state index contributed by atoms with van der Waals surface area (Å²) in [6.45, 7) is 0.968. The molecule has 128 valence electrons. The Morgan fingerprint density at radius 1 is 1.33 bits per heavy atom. The number of aromatic nitrogens is 1. The molecule has 0 spiro atoms. The molecule has 1 aliphatic heterocycles. The highest BCUT2D eigenvalue weighted by atomic mass is 35.5. The Morgan fingerprint density at radius 3 is 2.79 bits per heavy atom. The van der Waals surface area contributed by atoms with Crippen LogP contribution in [0, 0.1) is 0 Å². The summed E-state index contributed by atoms with van der Waals surface area (Å²) in [4.78, 5) is 41.0. The van der Waals surface area contributed by atoms with Crippen molar-refractivity contribution in [2.75, 3.05) is 19.6 Å². The third kappa shape index (κ3) is 3.58. The molecule has 3 rings (SSSR count). The number of carbonyl (C=O) groups excluding carboxylic acids is 2. The topological polar surface area (TPSA) is 108 Å². The standard InChI is InChI=1S/C16H18N4O3.ClH/c17-10-5-6-20(9-10)14(21)8-19-16(23)12-7-18-13-4-2-1-3-11(13)15(12)22;/h1-4,7,10H,5-6,8-9,17H2,(H,18,22)(H,19,23);1H/t10-;/m1./s1. The van der Waals surface area contributed by atoms with Crippen LogP contribution in [-0.2, 0) is 4.79 Å². The van der Waals surface area contributed by atoms with Crippen LogP contribution in [0.1, 0.15) is 16.8 Å². The van der Waals surface area contributed by atoms with Crippen molar-refractivity contribution in [3.8, 4) is 0 Å². The maximum absolute atomic E-state index is 12.3. The van der Waals surface area contributed by atoms with Crippen molar-refractivity contribution in [1.82, 2.24) is 15.2 Å². The van der Waals surface area contributed by atoms with Crippen molar-refractivity contribution in [1.29, 1.82) is 0 Å². The summed E-state index contributed by atoms with van der Waals surface area (Å²) < 4.78 is 0. The molecule has 0 unspecified atom stereocenters. The number of hydrogen-bond donors (Lipinski definition) is 3. The van der Waals surface area contributed by atoms with Gasteiger partial charge in [-0.05, 0) is 18.6 Å². The van der Waals surface area contributed by atoms with Crippen LogP contribution >= 0.6 is 12.4 Å². The van der Waals surface area contributed by atoms with E-state index in [1.54, 1.807) is 29.2 Å². The van der Waals surface area contributed by atoms with Gasteiger partial charge >= 0.3 is 0 Å². The Kier molecular flexibility index (Phi) is 5.58. The average molecular weight is 351 g/mol. The fraction of sp³-hybridized carbons (Fsp3) is 0.312. The second-order valence-electron chi connectivity index (χ2n) is 5.65. The zero-order valence-electron chi connectivity index (χ0n) is 13.0. The summed E-state index contributed by atoms with van der Waals surface area (Å²) in [5.41, 5.74) is 6.06. The van der Waals surface area contributed by atoms with Crippen molar-refractivity contribution in [2.45, 2.75) is 12.5 Å². The number of likely N-dealkylation sites (tertiary alicyclic amines) is 1. The monoisotopic (exact) mass is 350 g/mol. The van der Waals surface area contributed by atoms with Gasteiger partial charge in [-0.1, -0.05) is 12.1 Å². The molecule has 4 N–H and O–H groups in total. The molecule has 1 aromatic heterocycles. The predicted molar refractivity (Wildman–Crippen MR) is 93.3 cm³/mol. The van der Waals surface area contributed by atoms with E-state index in [0.29, 0.717) is 24.0 Å². The molecule has 2 heterocycles. The first-order valence-corrected chi connectivity index (χ1v) is 7.48. The lowest BCUT2D eigenvalue weighted by molar-refractivity contribution is -0.129. The molecule has 0 bridgehead atoms. The maximum Gasteiger partial charge on any atom is 0.257 e. The number of amides is 2. The molecule has 1 aromatic carbocycles. The summed E-state index contributed by atoms with van der Waals surface area (Å²) in [7, 11) is 0. The lowest BCUT2D eigenvalue weighted by Gasteiger charge is -2.16. The minimum Gasteiger partial charge on any atom is -0.360 e. The minimum atomic E-state index is -0.561. The van der Waals surface area contributed by atoms with Crippen LogP contribution in [0.4, 0.5) is 0 Å². The van der Waals surface area contributed by atoms with Gasteiger partial charge in [0.25, 0.3) is 5.91 Å². The van der Waals surface area contributed by atoms with Crippen molar-refractivity contribution in [3.05, 3.63) is 46.2 Å². The second-order valence-corrected chi connectivity index (χ2v) is 5.65. The lowest BCUT2D eigenvalue weighted by Crippen LogP contribution is -2.41. The lowest BCUT2D eigenvalue weighted by atomic mass is 10.1. The van der Waals surface area contributed by atoms with Gasteiger partial charge in [0.1, 0.15) is 5.56 Å². The van der Waals surface area contributed by atoms with Gasteiger partial charge in [0.2, 0.25) is 11.3 Å². The summed E-state index contributed by atoms with van der Waals surface area (Å²) in [5, 5.41) is 2.95. The number of rotatable bonds is 3. The number of pyridine rings is 1. The number of nitrogens with two attached hydrogens (primary N) is 1. The minimum absolute atomic E-state index is 0.